The Hall–Kier alpha value is -2.49. The molecule has 1 aliphatic carbocycles. The quantitative estimate of drug-likeness (QED) is 0.658. The van der Waals surface area contributed by atoms with Gasteiger partial charge < -0.3 is 5.32 Å². The molecule has 0 aromatic heterocycles. The van der Waals surface area contributed by atoms with E-state index in [1.807, 2.05) is 42.5 Å². The van der Waals surface area contributed by atoms with Crippen LogP contribution >= 0.6 is 0 Å². The van der Waals surface area contributed by atoms with Crippen molar-refractivity contribution >= 4 is 22.8 Å². The third-order valence-electron chi connectivity index (χ3n) is 5.87. The van der Waals surface area contributed by atoms with Crippen molar-refractivity contribution in [1.82, 2.24) is 0 Å². The van der Waals surface area contributed by atoms with E-state index < -0.39 is 5.67 Å². The number of hydrogen-bond acceptors (Lipinski definition) is 3. The van der Waals surface area contributed by atoms with Gasteiger partial charge in [0.1, 0.15) is 5.67 Å². The van der Waals surface area contributed by atoms with E-state index in [0.29, 0.717) is 5.56 Å². The molecule has 4 rings (SSSR count). The lowest BCUT2D eigenvalue weighted by molar-refractivity contribution is 0.221. The number of anilines is 2. The summed E-state index contributed by atoms with van der Waals surface area (Å²) < 4.78 is 14.1. The fourth-order valence-electron chi connectivity index (χ4n) is 3.78. The number of para-hydroxylation sites is 1. The van der Waals surface area contributed by atoms with Crippen molar-refractivity contribution in [1.29, 1.82) is 0 Å². The summed E-state index contributed by atoms with van der Waals surface area (Å²) in [4.78, 5) is 0. The first-order chi connectivity index (χ1) is 12.9. The second-order valence-corrected chi connectivity index (χ2v) is 8.40. The molecule has 27 heavy (non-hydrogen) atoms. The molecule has 3 nitrogen and oxygen atoms in total. The Morgan fingerprint density at radius 1 is 1.00 bits per heavy atom. The van der Waals surface area contributed by atoms with Gasteiger partial charge in [-0.1, -0.05) is 43.7 Å². The van der Waals surface area contributed by atoms with Crippen LogP contribution in [-0.4, -0.2) is 11.4 Å². The summed E-state index contributed by atoms with van der Waals surface area (Å²) in [5.74, 6) is 0. The van der Waals surface area contributed by atoms with E-state index in [0.717, 1.165) is 29.1 Å². The van der Waals surface area contributed by atoms with E-state index in [1.165, 1.54) is 25.0 Å². The second kappa shape index (κ2) is 6.59. The molecule has 1 heterocycles. The van der Waals surface area contributed by atoms with Crippen LogP contribution in [0.15, 0.2) is 58.7 Å². The molecule has 0 bridgehead atoms. The average Bonchev–Trinajstić information content (AvgIpc) is 3.10. The van der Waals surface area contributed by atoms with Crippen LogP contribution < -0.4 is 5.32 Å². The first kappa shape index (κ1) is 17.9. The topological polar surface area (TPSA) is 36.8 Å². The van der Waals surface area contributed by atoms with Crippen molar-refractivity contribution in [3.05, 3.63) is 59.7 Å². The number of nitrogens with zero attached hydrogens (tertiary/aromatic N) is 2. The third-order valence-corrected chi connectivity index (χ3v) is 5.87. The van der Waals surface area contributed by atoms with Gasteiger partial charge in [-0.2, -0.15) is 10.2 Å². The van der Waals surface area contributed by atoms with Gasteiger partial charge in [0.15, 0.2) is 0 Å². The van der Waals surface area contributed by atoms with E-state index in [4.69, 9.17) is 0 Å². The van der Waals surface area contributed by atoms with Gasteiger partial charge in [-0.3, -0.25) is 0 Å². The summed E-state index contributed by atoms with van der Waals surface area (Å²) in [6.45, 7) is 5.44. The molecule has 4 heteroatoms. The number of hydrogen-bond donors (Lipinski definition) is 1. The Kier molecular flexibility index (Phi) is 4.37. The predicted octanol–water partition coefficient (Wildman–Crippen LogP) is 6.37. The van der Waals surface area contributed by atoms with E-state index in [-0.39, 0.29) is 5.41 Å². The predicted molar refractivity (Wildman–Crippen MR) is 111 cm³/mol. The van der Waals surface area contributed by atoms with Crippen molar-refractivity contribution in [2.24, 2.45) is 15.6 Å². The number of rotatable bonds is 5. The lowest BCUT2D eigenvalue weighted by Crippen LogP contribution is -2.34. The van der Waals surface area contributed by atoms with Crippen LogP contribution in [0.5, 0.6) is 0 Å². The highest BCUT2D eigenvalue weighted by Crippen LogP contribution is 2.44. The molecule has 0 saturated heterocycles. The van der Waals surface area contributed by atoms with Gasteiger partial charge in [-0.25, -0.2) is 4.39 Å². The van der Waals surface area contributed by atoms with Gasteiger partial charge in [-0.05, 0) is 50.5 Å². The van der Waals surface area contributed by atoms with Crippen LogP contribution in [0.1, 0.15) is 57.6 Å². The first-order valence-electron chi connectivity index (χ1n) is 9.65. The molecule has 0 radical (unpaired) electrons. The molecule has 0 amide bonds. The molecule has 140 valence electrons. The van der Waals surface area contributed by atoms with Crippen LogP contribution in [0.2, 0.25) is 0 Å². The Morgan fingerprint density at radius 3 is 2.33 bits per heavy atom. The Labute approximate surface area is 160 Å². The Bertz CT molecular complexity index is 900. The minimum atomic E-state index is -1.33. The number of halogens is 1. The highest BCUT2D eigenvalue weighted by Gasteiger charge is 2.39. The monoisotopic (exact) mass is 363 g/mol. The van der Waals surface area contributed by atoms with Crippen LogP contribution in [-0.2, 0) is 5.67 Å². The molecule has 0 spiro atoms. The largest absolute Gasteiger partial charge is 0.355 e. The molecule has 1 aliphatic heterocycles. The van der Waals surface area contributed by atoms with Crippen molar-refractivity contribution in [2.45, 2.75) is 52.1 Å². The van der Waals surface area contributed by atoms with Gasteiger partial charge in [0.05, 0.1) is 11.4 Å². The summed E-state index contributed by atoms with van der Waals surface area (Å²) in [7, 11) is 0. The molecular weight excluding hydrogens is 337 g/mol. The maximum Gasteiger partial charge on any atom is 0.130 e. The number of nitrogens with one attached hydrogen (secondary N) is 1. The molecule has 2 aromatic carbocycles. The SMILES string of the molecule is CC1(C2=NN=C(c3ccccc3Nc3ccc(C(C)(C)F)cc3)C2)CCC1. The summed E-state index contributed by atoms with van der Waals surface area (Å²) in [6, 6.07) is 15.7. The van der Waals surface area contributed by atoms with Crippen molar-refractivity contribution in [2.75, 3.05) is 5.32 Å². The first-order valence-corrected chi connectivity index (χ1v) is 9.65. The Balaban J connectivity index is 1.53. The smallest absolute Gasteiger partial charge is 0.130 e. The van der Waals surface area contributed by atoms with Crippen LogP contribution in [0.25, 0.3) is 0 Å². The molecule has 1 N–H and O–H groups in total. The fourth-order valence-corrected chi connectivity index (χ4v) is 3.78. The zero-order valence-corrected chi connectivity index (χ0v) is 16.2. The highest BCUT2D eigenvalue weighted by molar-refractivity contribution is 6.18. The molecule has 1 fully saturated rings. The molecule has 0 atom stereocenters. The third kappa shape index (κ3) is 3.53. The normalized spacial score (nSPS) is 18.5. The van der Waals surface area contributed by atoms with Crippen molar-refractivity contribution in [3.8, 4) is 0 Å². The van der Waals surface area contributed by atoms with Crippen molar-refractivity contribution in [3.63, 3.8) is 0 Å². The van der Waals surface area contributed by atoms with Gasteiger partial charge in [0.25, 0.3) is 0 Å². The summed E-state index contributed by atoms with van der Waals surface area (Å²) in [5, 5.41) is 12.5. The number of alkyl halides is 1. The average molecular weight is 363 g/mol. The second-order valence-electron chi connectivity index (χ2n) is 8.40. The summed E-state index contributed by atoms with van der Waals surface area (Å²) in [6.07, 6.45) is 4.54. The lowest BCUT2D eigenvalue weighted by Gasteiger charge is -2.38. The molecule has 2 aromatic rings. The molecule has 2 aliphatic rings. The van der Waals surface area contributed by atoms with Gasteiger partial charge in [-0.15, -0.1) is 0 Å². The highest BCUT2D eigenvalue weighted by atomic mass is 19.1. The summed E-state index contributed by atoms with van der Waals surface area (Å²) in [5.41, 5.74) is 4.82. The van der Waals surface area contributed by atoms with E-state index >= 15 is 0 Å². The van der Waals surface area contributed by atoms with Gasteiger partial charge in [0, 0.05) is 28.8 Å². The Morgan fingerprint density at radius 2 is 1.70 bits per heavy atom. The minimum absolute atomic E-state index is 0.239. The fraction of sp³-hybridized carbons (Fsp3) is 0.391. The maximum absolute atomic E-state index is 14.1. The lowest BCUT2D eigenvalue weighted by atomic mass is 9.66. The molecule has 1 saturated carbocycles. The zero-order valence-electron chi connectivity index (χ0n) is 16.2. The van der Waals surface area contributed by atoms with Crippen LogP contribution in [0.4, 0.5) is 15.8 Å². The van der Waals surface area contributed by atoms with Crippen LogP contribution in [0, 0.1) is 5.41 Å². The zero-order chi connectivity index (χ0) is 19.1. The minimum Gasteiger partial charge on any atom is -0.355 e. The number of benzene rings is 2. The summed E-state index contributed by atoms with van der Waals surface area (Å²) >= 11 is 0. The molecular formula is C23H26FN3. The van der Waals surface area contributed by atoms with E-state index in [2.05, 4.69) is 28.5 Å². The maximum atomic E-state index is 14.1. The van der Waals surface area contributed by atoms with Gasteiger partial charge >= 0.3 is 0 Å². The molecule has 0 unspecified atom stereocenters. The van der Waals surface area contributed by atoms with Crippen LogP contribution in [0.3, 0.4) is 0 Å². The van der Waals surface area contributed by atoms with E-state index in [9.17, 15) is 4.39 Å². The standard InChI is InChI=1S/C23H26FN3/c1-22(2,24)16-9-11-17(12-10-16)25-19-8-5-4-7-18(19)20-15-21(27-26-20)23(3)13-6-14-23/h4-5,7-12,25H,6,13-15H2,1-3H3. The van der Waals surface area contributed by atoms with Gasteiger partial charge in [0.2, 0.25) is 0 Å². The van der Waals surface area contributed by atoms with Crippen molar-refractivity contribution < 1.29 is 4.39 Å². The van der Waals surface area contributed by atoms with E-state index in [1.54, 1.807) is 13.8 Å².